The minimum absolute atomic E-state index is 0.0294. The van der Waals surface area contributed by atoms with E-state index in [0.717, 1.165) is 15.6 Å². The monoisotopic (exact) mass is 498 g/mol. The fourth-order valence-electron chi connectivity index (χ4n) is 2.89. The highest BCUT2D eigenvalue weighted by Gasteiger charge is 2.17. The van der Waals surface area contributed by atoms with Gasteiger partial charge in [0, 0.05) is 24.0 Å². The molecule has 0 radical (unpaired) electrons. The number of sulfonamides is 1. The van der Waals surface area contributed by atoms with Crippen molar-refractivity contribution in [2.45, 2.75) is 31.6 Å². The molecule has 2 aromatic carbocycles. The van der Waals surface area contributed by atoms with Crippen LogP contribution in [0.1, 0.15) is 23.1 Å². The number of hydrogen-bond acceptors (Lipinski definition) is 5. The molecule has 0 spiro atoms. The summed E-state index contributed by atoms with van der Waals surface area (Å²) in [7, 11) is -0.520. The molecule has 0 saturated heterocycles. The van der Waals surface area contributed by atoms with Crippen LogP contribution in [0, 0.1) is 13.8 Å². The minimum atomic E-state index is -3.65. The number of hydrogen-bond donors (Lipinski definition) is 2. The lowest BCUT2D eigenvalue weighted by Gasteiger charge is -2.12. The average molecular weight is 499 g/mol. The largest absolute Gasteiger partial charge is 0.493 e. The summed E-state index contributed by atoms with van der Waals surface area (Å²) in [4.78, 5) is 12.3. The Bertz CT molecular complexity index is 1010. The summed E-state index contributed by atoms with van der Waals surface area (Å²) in [6.07, 6.45) is 0.637. The Balaban J connectivity index is 1.84. The highest BCUT2D eigenvalue weighted by molar-refractivity contribution is 9.10. The summed E-state index contributed by atoms with van der Waals surface area (Å²) in [6.45, 7) is 4.02. The maximum absolute atomic E-state index is 12.5. The zero-order chi connectivity index (χ0) is 22.3. The summed E-state index contributed by atoms with van der Waals surface area (Å²) in [6, 6.07) is 8.92. The summed E-state index contributed by atoms with van der Waals surface area (Å²) >= 11 is 3.49. The van der Waals surface area contributed by atoms with Crippen LogP contribution in [0.15, 0.2) is 39.7 Å². The summed E-state index contributed by atoms with van der Waals surface area (Å²) in [5, 5.41) is 2.80. The highest BCUT2D eigenvalue weighted by Crippen LogP contribution is 2.33. The number of nitrogens with one attached hydrogen (secondary N) is 2. The molecule has 0 aliphatic rings. The van der Waals surface area contributed by atoms with E-state index in [1.54, 1.807) is 33.3 Å². The van der Waals surface area contributed by atoms with Crippen LogP contribution in [0.5, 0.6) is 11.5 Å². The van der Waals surface area contributed by atoms with E-state index < -0.39 is 10.0 Å². The third-order valence-corrected chi connectivity index (χ3v) is 6.89. The Hall–Kier alpha value is -2.10. The van der Waals surface area contributed by atoms with Crippen LogP contribution in [-0.2, 0) is 21.2 Å². The van der Waals surface area contributed by atoms with Gasteiger partial charge in [0.1, 0.15) is 0 Å². The van der Waals surface area contributed by atoms with Gasteiger partial charge in [0.15, 0.2) is 11.5 Å². The van der Waals surface area contributed by atoms with Crippen LogP contribution < -0.4 is 19.5 Å². The molecule has 2 aromatic rings. The van der Waals surface area contributed by atoms with Gasteiger partial charge in [-0.3, -0.25) is 4.79 Å². The molecular formula is C21H27BrN2O5S. The normalized spacial score (nSPS) is 11.2. The van der Waals surface area contributed by atoms with Gasteiger partial charge >= 0.3 is 0 Å². The van der Waals surface area contributed by atoms with Crippen molar-refractivity contribution in [3.63, 3.8) is 0 Å². The number of rotatable bonds is 10. The molecule has 164 valence electrons. The number of benzene rings is 2. The van der Waals surface area contributed by atoms with Gasteiger partial charge in [-0.15, -0.1) is 0 Å². The van der Waals surface area contributed by atoms with E-state index in [1.807, 2.05) is 25.1 Å². The van der Waals surface area contributed by atoms with Crippen LogP contribution in [0.4, 0.5) is 0 Å². The molecule has 7 nitrogen and oxygen atoms in total. The van der Waals surface area contributed by atoms with Gasteiger partial charge in [0.25, 0.3) is 0 Å². The smallest absolute Gasteiger partial charge is 0.240 e. The first kappa shape index (κ1) is 24.2. The van der Waals surface area contributed by atoms with Crippen molar-refractivity contribution in [3.8, 4) is 11.5 Å². The molecule has 2 N–H and O–H groups in total. The molecular weight excluding hydrogens is 472 g/mol. The first-order valence-corrected chi connectivity index (χ1v) is 11.7. The second-order valence-electron chi connectivity index (χ2n) is 6.82. The number of carbonyl (C=O) groups is 1. The van der Waals surface area contributed by atoms with Gasteiger partial charge in [0.05, 0.1) is 19.1 Å². The molecule has 0 aliphatic heterocycles. The van der Waals surface area contributed by atoms with E-state index in [0.29, 0.717) is 30.0 Å². The first-order valence-electron chi connectivity index (χ1n) is 9.42. The third kappa shape index (κ3) is 6.45. The van der Waals surface area contributed by atoms with Crippen molar-refractivity contribution in [1.82, 2.24) is 10.0 Å². The van der Waals surface area contributed by atoms with Gasteiger partial charge in [-0.05, 0) is 55.2 Å². The van der Waals surface area contributed by atoms with Gasteiger partial charge < -0.3 is 14.8 Å². The molecule has 0 atom stereocenters. The molecule has 0 saturated carbocycles. The SMILES string of the molecule is COc1cc(Br)c(CCNC(=O)CCNS(=O)(=O)c2cc(C)ccc2C)cc1OC. The number of halogens is 1. The average Bonchev–Trinajstić information content (AvgIpc) is 2.70. The predicted molar refractivity (Wildman–Crippen MR) is 120 cm³/mol. The van der Waals surface area contributed by atoms with E-state index >= 15 is 0 Å². The Morgan fingerprint density at radius 3 is 2.37 bits per heavy atom. The maximum Gasteiger partial charge on any atom is 0.240 e. The maximum atomic E-state index is 12.5. The lowest BCUT2D eigenvalue weighted by atomic mass is 10.1. The Morgan fingerprint density at radius 1 is 1.03 bits per heavy atom. The minimum Gasteiger partial charge on any atom is -0.493 e. The quantitative estimate of drug-likeness (QED) is 0.524. The highest BCUT2D eigenvalue weighted by atomic mass is 79.9. The lowest BCUT2D eigenvalue weighted by Crippen LogP contribution is -2.32. The van der Waals surface area contributed by atoms with Crippen molar-refractivity contribution in [2.24, 2.45) is 0 Å². The number of carbonyl (C=O) groups excluding carboxylic acids is 1. The van der Waals surface area contributed by atoms with Crippen molar-refractivity contribution in [3.05, 3.63) is 51.5 Å². The molecule has 0 aliphatic carbocycles. The van der Waals surface area contributed by atoms with Crippen molar-refractivity contribution < 1.29 is 22.7 Å². The summed E-state index contributed by atoms with van der Waals surface area (Å²) in [5.41, 5.74) is 2.49. The van der Waals surface area contributed by atoms with Crippen LogP contribution in [0.3, 0.4) is 0 Å². The standard InChI is InChI=1S/C21H27BrN2O5S/c1-14-5-6-15(2)20(11-14)30(26,27)24-10-8-21(25)23-9-7-16-12-18(28-3)19(29-4)13-17(16)22/h5-6,11-13,24H,7-10H2,1-4H3,(H,23,25). The molecule has 1 amide bonds. The molecule has 0 unspecified atom stereocenters. The number of methoxy groups -OCH3 is 2. The number of aryl methyl sites for hydroxylation is 2. The van der Waals surface area contributed by atoms with E-state index in [-0.39, 0.29) is 23.8 Å². The Morgan fingerprint density at radius 2 is 1.70 bits per heavy atom. The molecule has 0 aromatic heterocycles. The Labute approximate surface area is 186 Å². The van der Waals surface area contributed by atoms with Crippen LogP contribution in [0.25, 0.3) is 0 Å². The topological polar surface area (TPSA) is 93.7 Å². The second-order valence-corrected chi connectivity index (χ2v) is 9.40. The number of amides is 1. The van der Waals surface area contributed by atoms with Crippen molar-refractivity contribution in [1.29, 1.82) is 0 Å². The molecule has 9 heteroatoms. The predicted octanol–water partition coefficient (Wildman–Crippen LogP) is 3.11. The van der Waals surface area contributed by atoms with Gasteiger partial charge in [-0.1, -0.05) is 28.1 Å². The molecule has 30 heavy (non-hydrogen) atoms. The molecule has 0 heterocycles. The third-order valence-electron chi connectivity index (χ3n) is 4.55. The van der Waals surface area contributed by atoms with Crippen molar-refractivity contribution >= 4 is 31.9 Å². The zero-order valence-corrected chi connectivity index (χ0v) is 19.9. The van der Waals surface area contributed by atoms with Crippen LogP contribution >= 0.6 is 15.9 Å². The number of ether oxygens (including phenoxy) is 2. The van der Waals surface area contributed by atoms with Gasteiger partial charge in [-0.25, -0.2) is 13.1 Å². The summed E-state index contributed by atoms with van der Waals surface area (Å²) in [5.74, 6) is 1.01. The molecule has 2 rings (SSSR count). The zero-order valence-electron chi connectivity index (χ0n) is 17.5. The second kappa shape index (κ2) is 10.8. The first-order chi connectivity index (χ1) is 14.2. The van der Waals surface area contributed by atoms with E-state index in [1.165, 1.54) is 0 Å². The fourth-order valence-corrected chi connectivity index (χ4v) is 4.77. The lowest BCUT2D eigenvalue weighted by molar-refractivity contribution is -0.120. The van der Waals surface area contributed by atoms with Crippen LogP contribution in [0.2, 0.25) is 0 Å². The van der Waals surface area contributed by atoms with E-state index in [2.05, 4.69) is 26.0 Å². The van der Waals surface area contributed by atoms with Gasteiger partial charge in [0.2, 0.25) is 15.9 Å². The fraction of sp³-hybridized carbons (Fsp3) is 0.381. The molecule has 0 bridgehead atoms. The molecule has 0 fully saturated rings. The van der Waals surface area contributed by atoms with Gasteiger partial charge in [-0.2, -0.15) is 0 Å². The van der Waals surface area contributed by atoms with Crippen molar-refractivity contribution in [2.75, 3.05) is 27.3 Å². The van der Waals surface area contributed by atoms with Crippen LogP contribution in [-0.4, -0.2) is 41.6 Å². The Kier molecular flexibility index (Phi) is 8.69. The van der Waals surface area contributed by atoms with E-state index in [4.69, 9.17) is 9.47 Å². The van der Waals surface area contributed by atoms with E-state index in [9.17, 15) is 13.2 Å². The summed E-state index contributed by atoms with van der Waals surface area (Å²) < 4.78 is 38.8.